The summed E-state index contributed by atoms with van der Waals surface area (Å²) in [6.07, 6.45) is 0.682. The smallest absolute Gasteiger partial charge is 0.258 e. The molecule has 0 amide bonds. The highest BCUT2D eigenvalue weighted by Gasteiger charge is 2.17. The predicted molar refractivity (Wildman–Crippen MR) is 129 cm³/mol. The fourth-order valence-corrected chi connectivity index (χ4v) is 3.58. The van der Waals surface area contributed by atoms with E-state index in [-0.39, 0.29) is 13.2 Å². The highest BCUT2D eigenvalue weighted by Crippen LogP contribution is 2.32. The topological polar surface area (TPSA) is 105 Å². The van der Waals surface area contributed by atoms with Gasteiger partial charge >= 0.3 is 0 Å². The molecular weight excluding hydrogens is 420 g/mol. The second kappa shape index (κ2) is 10.8. The van der Waals surface area contributed by atoms with Gasteiger partial charge in [-0.3, -0.25) is 0 Å². The first-order valence-electron chi connectivity index (χ1n) is 11.3. The Morgan fingerprint density at radius 1 is 1.09 bits per heavy atom. The van der Waals surface area contributed by atoms with Crippen LogP contribution in [0.5, 0.6) is 5.75 Å². The van der Waals surface area contributed by atoms with Crippen LogP contribution in [0.2, 0.25) is 0 Å². The van der Waals surface area contributed by atoms with E-state index in [1.807, 2.05) is 57.1 Å². The molecule has 2 aromatic heterocycles. The molecule has 1 atom stereocenters. The van der Waals surface area contributed by atoms with Gasteiger partial charge in [0.1, 0.15) is 24.3 Å². The van der Waals surface area contributed by atoms with Gasteiger partial charge in [-0.2, -0.15) is 4.98 Å². The van der Waals surface area contributed by atoms with Gasteiger partial charge in [0.05, 0.1) is 6.61 Å². The molecule has 2 N–H and O–H groups in total. The average molecular weight is 455 g/mol. The zero-order valence-electron chi connectivity index (χ0n) is 20.3. The van der Waals surface area contributed by atoms with Gasteiger partial charge in [0.25, 0.3) is 5.89 Å². The first-order chi connectivity index (χ1) is 15.7. The minimum atomic E-state index is -0.915. The molecule has 3 aromatic rings. The quantitative estimate of drug-likeness (QED) is 0.478. The molecule has 0 fully saturated rings. The Bertz CT molecular complexity index is 1080. The van der Waals surface area contributed by atoms with Crippen LogP contribution in [-0.2, 0) is 12.8 Å². The van der Waals surface area contributed by atoms with Crippen LogP contribution in [0, 0.1) is 12.8 Å². The van der Waals surface area contributed by atoms with Crippen molar-refractivity contribution in [3.63, 3.8) is 0 Å². The number of hydrogen-bond acceptors (Lipinski definition) is 8. The zero-order valence-corrected chi connectivity index (χ0v) is 20.3. The fourth-order valence-electron chi connectivity index (χ4n) is 3.58. The van der Waals surface area contributed by atoms with Crippen molar-refractivity contribution >= 4 is 5.82 Å². The second-order valence-electron chi connectivity index (χ2n) is 8.90. The molecule has 1 unspecified atom stereocenters. The molecule has 0 saturated carbocycles. The molecule has 8 heteroatoms. The highest BCUT2D eigenvalue weighted by atomic mass is 16.5. The van der Waals surface area contributed by atoms with Crippen LogP contribution in [0.15, 0.2) is 28.8 Å². The van der Waals surface area contributed by atoms with Gasteiger partial charge in [-0.1, -0.05) is 25.9 Å². The van der Waals surface area contributed by atoms with Crippen LogP contribution in [0.25, 0.3) is 22.8 Å². The van der Waals surface area contributed by atoms with Gasteiger partial charge in [0.15, 0.2) is 0 Å². The number of pyridine rings is 1. The molecule has 0 aliphatic heterocycles. The molecule has 0 bridgehead atoms. The lowest BCUT2D eigenvalue weighted by Crippen LogP contribution is -2.22. The lowest BCUT2D eigenvalue weighted by molar-refractivity contribution is 0.0531. The Labute approximate surface area is 195 Å². The second-order valence-corrected chi connectivity index (χ2v) is 8.90. The summed E-state index contributed by atoms with van der Waals surface area (Å²) in [5, 5.41) is 22.9. The molecule has 8 nitrogen and oxygen atoms in total. The van der Waals surface area contributed by atoms with Crippen LogP contribution >= 0.6 is 0 Å². The van der Waals surface area contributed by atoms with Gasteiger partial charge < -0.3 is 24.4 Å². The first kappa shape index (κ1) is 24.7. The summed E-state index contributed by atoms with van der Waals surface area (Å²) in [5.74, 6) is 2.98. The standard InChI is InChI=1S/C25H34N4O4/c1-7-17-10-18(9-16(4)23(17)32-14-21(31)13-30)24-27-25(33-28-24)19-11-20(8-15(2)3)26-22(12-19)29(5)6/h9-12,15,21,30-31H,7-8,13-14H2,1-6H3. The molecule has 0 aliphatic carbocycles. The van der Waals surface area contributed by atoms with Gasteiger partial charge in [-0.25, -0.2) is 4.98 Å². The summed E-state index contributed by atoms with van der Waals surface area (Å²) in [6.45, 7) is 8.00. The van der Waals surface area contributed by atoms with Crippen LogP contribution in [0.4, 0.5) is 5.82 Å². The van der Waals surface area contributed by atoms with Crippen molar-refractivity contribution in [2.45, 2.75) is 46.6 Å². The van der Waals surface area contributed by atoms with Crippen molar-refractivity contribution in [3.05, 3.63) is 41.1 Å². The minimum absolute atomic E-state index is 0.0327. The molecule has 2 heterocycles. The van der Waals surface area contributed by atoms with E-state index in [0.29, 0.717) is 23.4 Å². The van der Waals surface area contributed by atoms with E-state index in [9.17, 15) is 5.11 Å². The number of aromatic nitrogens is 3. The van der Waals surface area contributed by atoms with Crippen molar-refractivity contribution < 1.29 is 19.5 Å². The Hall–Kier alpha value is -2.97. The molecule has 0 radical (unpaired) electrons. The van der Waals surface area contributed by atoms with E-state index >= 15 is 0 Å². The first-order valence-corrected chi connectivity index (χ1v) is 11.3. The molecule has 33 heavy (non-hydrogen) atoms. The number of rotatable bonds is 10. The third-order valence-corrected chi connectivity index (χ3v) is 5.23. The Kier molecular flexibility index (Phi) is 8.05. The number of aliphatic hydroxyl groups excluding tert-OH is 2. The van der Waals surface area contributed by atoms with E-state index in [1.165, 1.54) is 0 Å². The number of aliphatic hydroxyl groups is 2. The maximum Gasteiger partial charge on any atom is 0.258 e. The zero-order chi connectivity index (χ0) is 24.1. The monoisotopic (exact) mass is 454 g/mol. The molecule has 0 spiro atoms. The molecule has 0 aliphatic rings. The Morgan fingerprint density at radius 3 is 2.48 bits per heavy atom. The summed E-state index contributed by atoms with van der Waals surface area (Å²) >= 11 is 0. The summed E-state index contributed by atoms with van der Waals surface area (Å²) < 4.78 is 11.4. The summed E-state index contributed by atoms with van der Waals surface area (Å²) in [5.41, 5.74) is 4.53. The number of anilines is 1. The van der Waals surface area contributed by atoms with Gasteiger partial charge in [0, 0.05) is 30.9 Å². The summed E-state index contributed by atoms with van der Waals surface area (Å²) in [4.78, 5) is 11.4. The highest BCUT2D eigenvalue weighted by molar-refractivity contribution is 5.65. The maximum atomic E-state index is 9.62. The van der Waals surface area contributed by atoms with Crippen LogP contribution in [0.3, 0.4) is 0 Å². The summed E-state index contributed by atoms with van der Waals surface area (Å²) in [6, 6.07) is 7.88. The number of ether oxygens (including phenoxy) is 1. The SMILES string of the molecule is CCc1cc(-c2noc(-c3cc(CC(C)C)nc(N(C)C)c3)n2)cc(C)c1OCC(O)CO. The van der Waals surface area contributed by atoms with Gasteiger partial charge in [0.2, 0.25) is 5.82 Å². The third kappa shape index (κ3) is 6.09. The van der Waals surface area contributed by atoms with Crippen molar-refractivity contribution in [1.82, 2.24) is 15.1 Å². The largest absolute Gasteiger partial charge is 0.490 e. The van der Waals surface area contributed by atoms with E-state index in [1.54, 1.807) is 0 Å². The number of benzene rings is 1. The van der Waals surface area contributed by atoms with Crippen LogP contribution in [-0.4, -0.2) is 58.8 Å². The third-order valence-electron chi connectivity index (χ3n) is 5.23. The molecular formula is C25H34N4O4. The predicted octanol–water partition coefficient (Wildman–Crippen LogP) is 3.67. The summed E-state index contributed by atoms with van der Waals surface area (Å²) in [7, 11) is 3.92. The van der Waals surface area contributed by atoms with Crippen LogP contribution < -0.4 is 9.64 Å². The van der Waals surface area contributed by atoms with E-state index in [0.717, 1.165) is 46.6 Å². The fraction of sp³-hybridized carbons (Fsp3) is 0.480. The number of nitrogens with zero attached hydrogens (tertiary/aromatic N) is 4. The van der Waals surface area contributed by atoms with Gasteiger partial charge in [-0.15, -0.1) is 0 Å². The van der Waals surface area contributed by atoms with E-state index in [4.69, 9.17) is 19.4 Å². The number of aryl methyl sites for hydroxylation is 2. The van der Waals surface area contributed by atoms with E-state index < -0.39 is 6.10 Å². The van der Waals surface area contributed by atoms with Crippen molar-refractivity contribution in [1.29, 1.82) is 0 Å². The van der Waals surface area contributed by atoms with E-state index in [2.05, 4.69) is 24.0 Å². The minimum Gasteiger partial charge on any atom is -0.490 e. The van der Waals surface area contributed by atoms with Gasteiger partial charge in [-0.05, 0) is 61.1 Å². The lowest BCUT2D eigenvalue weighted by atomic mass is 10.0. The van der Waals surface area contributed by atoms with Crippen molar-refractivity contribution in [2.24, 2.45) is 5.92 Å². The maximum absolute atomic E-state index is 9.62. The number of hydrogen-bond donors (Lipinski definition) is 2. The average Bonchev–Trinajstić information content (AvgIpc) is 3.27. The molecule has 3 rings (SSSR count). The molecule has 178 valence electrons. The Balaban J connectivity index is 1.94. The molecule has 0 saturated heterocycles. The van der Waals surface area contributed by atoms with Crippen molar-refractivity contribution in [2.75, 3.05) is 32.2 Å². The van der Waals surface area contributed by atoms with Crippen molar-refractivity contribution in [3.8, 4) is 28.6 Å². The van der Waals surface area contributed by atoms with Crippen LogP contribution in [0.1, 0.15) is 37.6 Å². The normalized spacial score (nSPS) is 12.3. The lowest BCUT2D eigenvalue weighted by Gasteiger charge is -2.16. The Morgan fingerprint density at radius 2 is 1.85 bits per heavy atom. The molecule has 1 aromatic carbocycles.